The van der Waals surface area contributed by atoms with E-state index in [1.165, 1.54) is 6.20 Å². The van der Waals surface area contributed by atoms with Crippen LogP contribution < -0.4 is 0 Å². The monoisotopic (exact) mass is 245 g/mol. The lowest BCUT2D eigenvalue weighted by Crippen LogP contribution is -1.93. The maximum absolute atomic E-state index is 11.0. The fraction of sp³-hybridized carbons (Fsp3) is 0. The van der Waals surface area contributed by atoms with Crippen molar-refractivity contribution in [3.8, 4) is 11.1 Å². The van der Waals surface area contributed by atoms with Crippen molar-refractivity contribution in [2.24, 2.45) is 0 Å². The van der Waals surface area contributed by atoms with Gasteiger partial charge in [-0.2, -0.15) is 0 Å². The number of aromatic nitrogens is 1. The van der Waals surface area contributed by atoms with Gasteiger partial charge in [-0.25, -0.2) is 0 Å². The third-order valence-corrected chi connectivity index (χ3v) is 2.65. The standard InChI is InChI=1S/C13H8ClNO2/c14-11-2-1-9(7-16)12(5-11)13-6-15-4-3-10(13)8-17/h1-8H. The van der Waals surface area contributed by atoms with Crippen molar-refractivity contribution in [1.82, 2.24) is 4.98 Å². The van der Waals surface area contributed by atoms with Gasteiger partial charge in [0.2, 0.25) is 0 Å². The summed E-state index contributed by atoms with van der Waals surface area (Å²) < 4.78 is 0. The molecular formula is C13H8ClNO2. The Labute approximate surface area is 103 Å². The van der Waals surface area contributed by atoms with E-state index in [9.17, 15) is 9.59 Å². The molecule has 0 atom stereocenters. The van der Waals surface area contributed by atoms with Crippen LogP contribution in [0, 0.1) is 0 Å². The molecule has 0 unspecified atom stereocenters. The molecule has 0 saturated carbocycles. The highest BCUT2D eigenvalue weighted by Gasteiger charge is 2.09. The van der Waals surface area contributed by atoms with Gasteiger partial charge in [-0.05, 0) is 29.8 Å². The number of halogens is 1. The van der Waals surface area contributed by atoms with Gasteiger partial charge >= 0.3 is 0 Å². The van der Waals surface area contributed by atoms with Crippen LogP contribution in [-0.2, 0) is 0 Å². The van der Waals surface area contributed by atoms with E-state index >= 15 is 0 Å². The number of pyridine rings is 1. The van der Waals surface area contributed by atoms with Gasteiger partial charge in [-0.1, -0.05) is 11.6 Å². The van der Waals surface area contributed by atoms with Gasteiger partial charge < -0.3 is 0 Å². The van der Waals surface area contributed by atoms with Gasteiger partial charge in [0.1, 0.15) is 0 Å². The summed E-state index contributed by atoms with van der Waals surface area (Å²) in [4.78, 5) is 25.9. The third kappa shape index (κ3) is 2.24. The van der Waals surface area contributed by atoms with Crippen LogP contribution in [0.1, 0.15) is 20.7 Å². The van der Waals surface area contributed by atoms with E-state index < -0.39 is 0 Å². The zero-order chi connectivity index (χ0) is 12.3. The van der Waals surface area contributed by atoms with E-state index in [0.29, 0.717) is 27.3 Å². The fourth-order valence-corrected chi connectivity index (χ4v) is 1.77. The summed E-state index contributed by atoms with van der Waals surface area (Å²) in [6.07, 6.45) is 4.53. The lowest BCUT2D eigenvalue weighted by atomic mass is 9.98. The van der Waals surface area contributed by atoms with Gasteiger partial charge in [0.25, 0.3) is 0 Å². The molecule has 0 spiro atoms. The maximum Gasteiger partial charge on any atom is 0.150 e. The van der Waals surface area contributed by atoms with Crippen molar-refractivity contribution in [3.05, 3.63) is 52.8 Å². The molecule has 17 heavy (non-hydrogen) atoms. The molecule has 0 saturated heterocycles. The van der Waals surface area contributed by atoms with E-state index in [1.807, 2.05) is 0 Å². The molecule has 2 rings (SSSR count). The highest BCUT2D eigenvalue weighted by molar-refractivity contribution is 6.31. The Kier molecular flexibility index (Phi) is 3.30. The molecule has 1 heterocycles. The van der Waals surface area contributed by atoms with Crippen LogP contribution >= 0.6 is 11.6 Å². The minimum atomic E-state index is 0.477. The zero-order valence-electron chi connectivity index (χ0n) is 8.76. The summed E-state index contributed by atoms with van der Waals surface area (Å²) in [6.45, 7) is 0. The lowest BCUT2D eigenvalue weighted by Gasteiger charge is -2.07. The predicted octanol–water partition coefficient (Wildman–Crippen LogP) is 3.03. The second kappa shape index (κ2) is 4.89. The first-order chi connectivity index (χ1) is 8.26. The molecule has 0 radical (unpaired) electrons. The molecular weight excluding hydrogens is 238 g/mol. The van der Waals surface area contributed by atoms with Crippen LogP contribution in [0.3, 0.4) is 0 Å². The van der Waals surface area contributed by atoms with E-state index in [0.717, 1.165) is 12.6 Å². The smallest absolute Gasteiger partial charge is 0.150 e. The second-order valence-electron chi connectivity index (χ2n) is 3.43. The first kappa shape index (κ1) is 11.5. The number of aldehydes is 2. The average molecular weight is 246 g/mol. The summed E-state index contributed by atoms with van der Waals surface area (Å²) in [5, 5.41) is 0.506. The van der Waals surface area contributed by atoms with Crippen molar-refractivity contribution >= 4 is 24.2 Å². The van der Waals surface area contributed by atoms with Gasteiger partial charge in [0, 0.05) is 34.1 Å². The zero-order valence-corrected chi connectivity index (χ0v) is 9.52. The second-order valence-corrected chi connectivity index (χ2v) is 3.87. The maximum atomic E-state index is 11.0. The topological polar surface area (TPSA) is 47.0 Å². The van der Waals surface area contributed by atoms with Crippen molar-refractivity contribution in [2.45, 2.75) is 0 Å². The summed E-state index contributed by atoms with van der Waals surface area (Å²) in [5.41, 5.74) is 2.17. The highest BCUT2D eigenvalue weighted by atomic mass is 35.5. The van der Waals surface area contributed by atoms with Crippen LogP contribution in [0.5, 0.6) is 0 Å². The predicted molar refractivity (Wildman–Crippen MR) is 65.5 cm³/mol. The van der Waals surface area contributed by atoms with Crippen molar-refractivity contribution in [3.63, 3.8) is 0 Å². The first-order valence-electron chi connectivity index (χ1n) is 4.90. The van der Waals surface area contributed by atoms with Crippen LogP contribution in [0.2, 0.25) is 5.02 Å². The molecule has 0 aliphatic rings. The largest absolute Gasteiger partial charge is 0.298 e. The number of carbonyl (C=O) groups excluding carboxylic acids is 2. The number of nitrogens with zero attached hydrogens (tertiary/aromatic N) is 1. The molecule has 84 valence electrons. The van der Waals surface area contributed by atoms with E-state index in [2.05, 4.69) is 4.98 Å². The molecule has 4 heteroatoms. The van der Waals surface area contributed by atoms with Crippen LogP contribution in [-0.4, -0.2) is 17.6 Å². The third-order valence-electron chi connectivity index (χ3n) is 2.41. The molecule has 3 nitrogen and oxygen atoms in total. The summed E-state index contributed by atoms with van der Waals surface area (Å²) in [6, 6.07) is 6.49. The van der Waals surface area contributed by atoms with Crippen molar-refractivity contribution in [2.75, 3.05) is 0 Å². The molecule has 0 N–H and O–H groups in total. The summed E-state index contributed by atoms with van der Waals surface area (Å²) in [7, 11) is 0. The Morgan fingerprint density at radius 2 is 1.71 bits per heavy atom. The summed E-state index contributed by atoms with van der Waals surface area (Å²) in [5.74, 6) is 0. The van der Waals surface area contributed by atoms with E-state index in [1.54, 1.807) is 30.5 Å². The molecule has 0 fully saturated rings. The Bertz CT molecular complexity index is 581. The lowest BCUT2D eigenvalue weighted by molar-refractivity contribution is 0.111. The number of hydrogen-bond donors (Lipinski definition) is 0. The van der Waals surface area contributed by atoms with Gasteiger partial charge in [0.05, 0.1) is 0 Å². The van der Waals surface area contributed by atoms with Gasteiger partial charge in [-0.3, -0.25) is 14.6 Å². The molecule has 1 aromatic heterocycles. The SMILES string of the molecule is O=Cc1ccncc1-c1cc(Cl)ccc1C=O. The molecule has 0 amide bonds. The van der Waals surface area contributed by atoms with Crippen molar-refractivity contribution in [1.29, 1.82) is 0 Å². The van der Waals surface area contributed by atoms with E-state index in [4.69, 9.17) is 11.6 Å². The minimum Gasteiger partial charge on any atom is -0.298 e. The highest BCUT2D eigenvalue weighted by Crippen LogP contribution is 2.27. The molecule has 0 bridgehead atoms. The Balaban J connectivity index is 2.70. The Morgan fingerprint density at radius 1 is 1.00 bits per heavy atom. The molecule has 0 aliphatic carbocycles. The number of hydrogen-bond acceptors (Lipinski definition) is 3. The quantitative estimate of drug-likeness (QED) is 0.781. The molecule has 1 aromatic carbocycles. The Hall–Kier alpha value is -2.00. The van der Waals surface area contributed by atoms with Crippen molar-refractivity contribution < 1.29 is 9.59 Å². The Morgan fingerprint density at radius 3 is 2.41 bits per heavy atom. The van der Waals surface area contributed by atoms with Crippen LogP contribution in [0.15, 0.2) is 36.7 Å². The van der Waals surface area contributed by atoms with Gasteiger partial charge in [0.15, 0.2) is 12.6 Å². The first-order valence-corrected chi connectivity index (χ1v) is 5.28. The minimum absolute atomic E-state index is 0.477. The normalized spacial score (nSPS) is 9.94. The van der Waals surface area contributed by atoms with Gasteiger partial charge in [-0.15, -0.1) is 0 Å². The average Bonchev–Trinajstić information content (AvgIpc) is 2.38. The van der Waals surface area contributed by atoms with Crippen LogP contribution in [0.25, 0.3) is 11.1 Å². The number of carbonyl (C=O) groups is 2. The number of benzene rings is 1. The van der Waals surface area contributed by atoms with Crippen LogP contribution in [0.4, 0.5) is 0 Å². The molecule has 0 aliphatic heterocycles. The summed E-state index contributed by atoms with van der Waals surface area (Å²) >= 11 is 5.89. The fourth-order valence-electron chi connectivity index (χ4n) is 1.60. The number of rotatable bonds is 3. The van der Waals surface area contributed by atoms with E-state index in [-0.39, 0.29) is 0 Å². The molecule has 2 aromatic rings.